The molecular weight excluding hydrogens is 351 g/mol. The summed E-state index contributed by atoms with van der Waals surface area (Å²) in [6.45, 7) is 12.0. The van der Waals surface area contributed by atoms with Crippen LogP contribution in [-0.2, 0) is 9.36 Å². The Kier molecular flexibility index (Phi) is 5.15. The molecule has 0 spiro atoms. The second-order valence-corrected chi connectivity index (χ2v) is 12.2. The summed E-state index contributed by atoms with van der Waals surface area (Å²) >= 11 is 0. The Morgan fingerprint density at radius 2 is 1.67 bits per heavy atom. The minimum atomic E-state index is 0.209. The number of rotatable bonds is 3. The highest BCUT2D eigenvalue weighted by molar-refractivity contribution is 7.24. The molecule has 2 nitrogen and oxygen atoms in total. The number of carbonyl (C=O) groups is 1. The lowest BCUT2D eigenvalue weighted by Gasteiger charge is -2.62. The van der Waals surface area contributed by atoms with Gasteiger partial charge in [-0.05, 0) is 91.8 Å². The number of hydrogen-bond donors (Lipinski definition) is 0. The van der Waals surface area contributed by atoms with E-state index in [9.17, 15) is 9.36 Å². The van der Waals surface area contributed by atoms with Crippen molar-refractivity contribution in [3.63, 3.8) is 0 Å². The average molecular weight is 391 g/mol. The summed E-state index contributed by atoms with van der Waals surface area (Å²) in [6, 6.07) is 0. The summed E-state index contributed by atoms with van der Waals surface area (Å²) in [5.74, 6) is 4.28. The first-order chi connectivity index (χ1) is 12.8. The van der Waals surface area contributed by atoms with Gasteiger partial charge in [0.05, 0.1) is 0 Å². The van der Waals surface area contributed by atoms with E-state index < -0.39 is 0 Å². The minimum absolute atomic E-state index is 0.209. The van der Waals surface area contributed by atoms with Crippen molar-refractivity contribution < 1.29 is 9.36 Å². The molecule has 0 bridgehead atoms. The molecule has 27 heavy (non-hydrogen) atoms. The summed E-state index contributed by atoms with van der Waals surface area (Å²) in [4.78, 5) is 13.9. The Balaban J connectivity index is 1.71. The maximum Gasteiger partial charge on any atom is 0.158 e. The highest BCUT2D eigenvalue weighted by Gasteiger charge is 2.64. The minimum Gasteiger partial charge on any atom is -0.299 e. The molecule has 4 saturated carbocycles. The Hall–Kier alpha value is -0.230. The van der Waals surface area contributed by atoms with E-state index in [1.165, 1.54) is 32.1 Å². The fourth-order valence-electron chi connectivity index (χ4n) is 8.87. The van der Waals surface area contributed by atoms with E-state index in [2.05, 4.69) is 34.6 Å². The lowest BCUT2D eigenvalue weighted by Crippen LogP contribution is -2.60. The van der Waals surface area contributed by atoms with Gasteiger partial charge in [0.15, 0.2) is 8.46 Å². The maximum absolute atomic E-state index is 13.9. The number of ketones is 1. The van der Waals surface area contributed by atoms with Gasteiger partial charge in [0, 0.05) is 17.5 Å². The van der Waals surface area contributed by atoms with Gasteiger partial charge < -0.3 is 0 Å². The van der Waals surface area contributed by atoms with Crippen molar-refractivity contribution in [1.82, 2.24) is 0 Å². The molecule has 3 unspecified atom stereocenters. The largest absolute Gasteiger partial charge is 0.299 e. The van der Waals surface area contributed by atoms with E-state index in [0.717, 1.165) is 31.1 Å². The number of Topliss-reactive ketones (excluding diaryl/α,β-unsaturated/α-hetero) is 1. The second-order valence-electron chi connectivity index (χ2n) is 11.3. The lowest BCUT2D eigenvalue weighted by molar-refractivity contribution is -0.167. The molecule has 4 aliphatic carbocycles. The van der Waals surface area contributed by atoms with Gasteiger partial charge >= 0.3 is 0 Å². The van der Waals surface area contributed by atoms with Crippen molar-refractivity contribution in [1.29, 1.82) is 0 Å². The maximum atomic E-state index is 13.9. The van der Waals surface area contributed by atoms with E-state index in [-0.39, 0.29) is 17.0 Å². The SMILES string of the molecule is CC[C@@H]1C(=O)C2C3CC[C@H](C(C)C)[C@@]3(C)CCC2[C@@]2(C)CC[C@@H](P=O)C[C@@H]12. The standard InChI is InChI=1S/C24H39O2P/c1-6-16-20-13-15(27-26)9-11-24(20,5)19-10-12-23(4)17(14(2)3)7-8-18(23)21(19)22(16)25/h14-21H,6-13H2,1-5H3/t15-,16+,17-,18?,19?,20+,21?,23-,24-/m1/s1. The number of fused-ring (bicyclic) bond motifs is 5. The van der Waals surface area contributed by atoms with Gasteiger partial charge in [0.25, 0.3) is 0 Å². The van der Waals surface area contributed by atoms with E-state index >= 15 is 0 Å². The molecule has 0 heterocycles. The predicted octanol–water partition coefficient (Wildman–Crippen LogP) is 6.78. The van der Waals surface area contributed by atoms with Crippen LogP contribution in [0.4, 0.5) is 0 Å². The van der Waals surface area contributed by atoms with E-state index in [4.69, 9.17) is 0 Å². The molecule has 0 aromatic carbocycles. The van der Waals surface area contributed by atoms with Crippen LogP contribution < -0.4 is 0 Å². The van der Waals surface area contributed by atoms with Gasteiger partial charge in [-0.25, -0.2) is 0 Å². The normalized spacial score (nSPS) is 52.5. The highest BCUT2D eigenvalue weighted by Crippen LogP contribution is 2.68. The van der Waals surface area contributed by atoms with Gasteiger partial charge in [0.2, 0.25) is 0 Å². The summed E-state index contributed by atoms with van der Waals surface area (Å²) < 4.78 is 11.6. The fourth-order valence-corrected chi connectivity index (χ4v) is 9.41. The first kappa shape index (κ1) is 20.1. The molecule has 0 aliphatic heterocycles. The van der Waals surface area contributed by atoms with E-state index in [1.807, 2.05) is 0 Å². The van der Waals surface area contributed by atoms with Crippen LogP contribution in [0.3, 0.4) is 0 Å². The first-order valence-corrected chi connectivity index (χ1v) is 12.5. The Bertz CT molecular complexity index is 616. The average Bonchev–Trinajstić information content (AvgIpc) is 2.99. The molecule has 4 aliphatic rings. The monoisotopic (exact) mass is 390 g/mol. The molecular formula is C24H39O2P. The van der Waals surface area contributed by atoms with Crippen LogP contribution in [0.2, 0.25) is 0 Å². The second kappa shape index (κ2) is 6.93. The molecule has 3 heteroatoms. The molecule has 0 amide bonds. The zero-order valence-corrected chi connectivity index (χ0v) is 18.9. The molecule has 4 rings (SSSR count). The van der Waals surface area contributed by atoms with Crippen molar-refractivity contribution in [3.05, 3.63) is 0 Å². The van der Waals surface area contributed by atoms with Crippen molar-refractivity contribution in [2.24, 2.45) is 52.3 Å². The van der Waals surface area contributed by atoms with Crippen LogP contribution in [0.15, 0.2) is 0 Å². The number of carbonyl (C=O) groups excluding carboxylic acids is 1. The third-order valence-corrected chi connectivity index (χ3v) is 10.9. The number of hydrogen-bond acceptors (Lipinski definition) is 2. The fraction of sp³-hybridized carbons (Fsp3) is 0.958. The molecule has 0 N–H and O–H groups in total. The summed E-state index contributed by atoms with van der Waals surface area (Å²) in [6.07, 6.45) is 9.40. The topological polar surface area (TPSA) is 34.1 Å². The van der Waals surface area contributed by atoms with E-state index in [1.54, 1.807) is 0 Å². The van der Waals surface area contributed by atoms with Crippen LogP contribution in [0.1, 0.15) is 86.0 Å². The van der Waals surface area contributed by atoms with Crippen LogP contribution in [-0.4, -0.2) is 11.4 Å². The lowest BCUT2D eigenvalue weighted by atomic mass is 9.42. The van der Waals surface area contributed by atoms with Crippen LogP contribution >= 0.6 is 8.46 Å². The summed E-state index contributed by atoms with van der Waals surface area (Å²) in [5.41, 5.74) is 0.946. The van der Waals surface area contributed by atoms with Gasteiger partial charge in [0.1, 0.15) is 5.78 Å². The Morgan fingerprint density at radius 3 is 2.30 bits per heavy atom. The third kappa shape index (κ3) is 2.75. The van der Waals surface area contributed by atoms with Crippen LogP contribution in [0.5, 0.6) is 0 Å². The van der Waals surface area contributed by atoms with Crippen molar-refractivity contribution >= 4 is 14.2 Å². The summed E-state index contributed by atoms with van der Waals surface area (Å²) in [7, 11) is 0.305. The van der Waals surface area contributed by atoms with Crippen LogP contribution in [0, 0.1) is 52.3 Å². The van der Waals surface area contributed by atoms with Gasteiger partial charge in [-0.15, -0.1) is 0 Å². The highest BCUT2D eigenvalue weighted by atomic mass is 31.1. The van der Waals surface area contributed by atoms with Gasteiger partial charge in [-0.3, -0.25) is 9.36 Å². The van der Waals surface area contributed by atoms with Gasteiger partial charge in [-0.1, -0.05) is 34.6 Å². The van der Waals surface area contributed by atoms with Gasteiger partial charge in [-0.2, -0.15) is 0 Å². The summed E-state index contributed by atoms with van der Waals surface area (Å²) in [5, 5.41) is 0. The molecule has 0 radical (unpaired) electrons. The first-order valence-electron chi connectivity index (χ1n) is 11.6. The predicted molar refractivity (Wildman–Crippen MR) is 111 cm³/mol. The van der Waals surface area contributed by atoms with Crippen molar-refractivity contribution in [3.8, 4) is 0 Å². The molecule has 4 fully saturated rings. The quantitative estimate of drug-likeness (QED) is 0.498. The zero-order valence-electron chi connectivity index (χ0n) is 18.0. The van der Waals surface area contributed by atoms with Crippen molar-refractivity contribution in [2.75, 3.05) is 0 Å². The third-order valence-electron chi connectivity index (χ3n) is 10.2. The molecule has 152 valence electrons. The molecule has 0 aromatic heterocycles. The molecule has 0 saturated heterocycles. The van der Waals surface area contributed by atoms with Crippen LogP contribution in [0.25, 0.3) is 0 Å². The Morgan fingerprint density at radius 1 is 1.00 bits per heavy atom. The Labute approximate surface area is 167 Å². The smallest absolute Gasteiger partial charge is 0.158 e. The van der Waals surface area contributed by atoms with E-state index in [0.29, 0.717) is 43.3 Å². The zero-order chi connectivity index (χ0) is 19.6. The van der Waals surface area contributed by atoms with Crippen molar-refractivity contribution in [2.45, 2.75) is 91.6 Å². The molecule has 0 aromatic rings. The molecule has 9 atom stereocenters.